The second kappa shape index (κ2) is 7.34. The normalized spacial score (nSPS) is 15.4. The van der Waals surface area contributed by atoms with Crippen LogP contribution in [0.2, 0.25) is 0 Å². The van der Waals surface area contributed by atoms with E-state index in [0.717, 1.165) is 40.5 Å². The van der Waals surface area contributed by atoms with Gasteiger partial charge < -0.3 is 10.2 Å². The summed E-state index contributed by atoms with van der Waals surface area (Å²) in [7, 11) is 0. The van der Waals surface area contributed by atoms with Gasteiger partial charge in [-0.05, 0) is 71.4 Å². The van der Waals surface area contributed by atoms with Crippen LogP contribution in [0.4, 0.5) is 11.5 Å². The maximum Gasteiger partial charge on any atom is 0.257 e. The van der Waals surface area contributed by atoms with E-state index >= 15 is 0 Å². The fourth-order valence-corrected chi connectivity index (χ4v) is 3.45. The van der Waals surface area contributed by atoms with Crippen molar-refractivity contribution in [2.24, 2.45) is 5.92 Å². The lowest BCUT2D eigenvalue weighted by atomic mass is 9.99. The molecule has 1 aliphatic heterocycles. The molecular weight excluding hydrogens is 366 g/mol. The highest BCUT2D eigenvalue weighted by Gasteiger charge is 2.17. The highest BCUT2D eigenvalue weighted by molar-refractivity contribution is 9.10. The molecule has 0 radical (unpaired) electrons. The summed E-state index contributed by atoms with van der Waals surface area (Å²) < 4.78 is 0.878. The number of nitrogens with one attached hydrogen (secondary N) is 1. The van der Waals surface area contributed by atoms with Crippen LogP contribution in [-0.2, 0) is 0 Å². The molecule has 5 heteroatoms. The molecule has 1 aliphatic rings. The van der Waals surface area contributed by atoms with E-state index < -0.39 is 0 Å². The lowest BCUT2D eigenvalue weighted by molar-refractivity contribution is 0.102. The minimum Gasteiger partial charge on any atom is -0.357 e. The van der Waals surface area contributed by atoms with Crippen molar-refractivity contribution >= 4 is 33.3 Å². The van der Waals surface area contributed by atoms with Gasteiger partial charge in [0.25, 0.3) is 5.91 Å². The molecule has 0 atom stereocenters. The van der Waals surface area contributed by atoms with Gasteiger partial charge in [-0.25, -0.2) is 4.98 Å². The monoisotopic (exact) mass is 387 g/mol. The molecule has 1 saturated heterocycles. The van der Waals surface area contributed by atoms with Gasteiger partial charge in [-0.1, -0.05) is 13.0 Å². The van der Waals surface area contributed by atoms with Crippen molar-refractivity contribution in [3.05, 3.63) is 52.1 Å². The van der Waals surface area contributed by atoms with Crippen molar-refractivity contribution in [2.45, 2.75) is 26.7 Å². The molecule has 1 N–H and O–H groups in total. The quantitative estimate of drug-likeness (QED) is 0.833. The smallest absolute Gasteiger partial charge is 0.257 e. The number of nitrogens with zero attached hydrogens (tertiary/aromatic N) is 2. The highest BCUT2D eigenvalue weighted by atomic mass is 79.9. The number of carbonyl (C=O) groups is 1. The summed E-state index contributed by atoms with van der Waals surface area (Å²) in [5.41, 5.74) is 2.47. The van der Waals surface area contributed by atoms with Gasteiger partial charge in [0, 0.05) is 23.8 Å². The van der Waals surface area contributed by atoms with Crippen molar-refractivity contribution in [2.75, 3.05) is 23.3 Å². The molecule has 1 fully saturated rings. The number of halogens is 1. The van der Waals surface area contributed by atoms with E-state index in [1.807, 2.05) is 37.3 Å². The van der Waals surface area contributed by atoms with Gasteiger partial charge in [0.2, 0.25) is 0 Å². The van der Waals surface area contributed by atoms with Gasteiger partial charge in [0.1, 0.15) is 5.82 Å². The van der Waals surface area contributed by atoms with E-state index in [0.29, 0.717) is 5.56 Å². The Balaban J connectivity index is 1.67. The Kier molecular flexibility index (Phi) is 5.19. The number of rotatable bonds is 3. The first kappa shape index (κ1) is 17.0. The van der Waals surface area contributed by atoms with Gasteiger partial charge >= 0.3 is 0 Å². The Labute approximate surface area is 151 Å². The van der Waals surface area contributed by atoms with Gasteiger partial charge in [0.15, 0.2) is 0 Å². The number of anilines is 2. The van der Waals surface area contributed by atoms with E-state index in [9.17, 15) is 4.79 Å². The molecule has 24 heavy (non-hydrogen) atoms. The minimum absolute atomic E-state index is 0.147. The zero-order chi connectivity index (χ0) is 17.1. The van der Waals surface area contributed by atoms with E-state index in [4.69, 9.17) is 0 Å². The second-order valence-corrected chi connectivity index (χ2v) is 7.37. The molecule has 3 rings (SSSR count). The van der Waals surface area contributed by atoms with Gasteiger partial charge in [-0.3, -0.25) is 4.79 Å². The number of aryl methyl sites for hydroxylation is 1. The fourth-order valence-electron chi connectivity index (χ4n) is 2.86. The van der Waals surface area contributed by atoms with E-state index in [1.54, 1.807) is 6.20 Å². The van der Waals surface area contributed by atoms with Gasteiger partial charge in [-0.15, -0.1) is 0 Å². The lowest BCUT2D eigenvalue weighted by Crippen LogP contribution is -2.33. The predicted molar refractivity (Wildman–Crippen MR) is 102 cm³/mol. The molecule has 4 nitrogen and oxygen atoms in total. The summed E-state index contributed by atoms with van der Waals surface area (Å²) in [6.45, 7) is 6.38. The third-order valence-electron chi connectivity index (χ3n) is 4.49. The van der Waals surface area contributed by atoms with Crippen LogP contribution in [0.15, 0.2) is 41.0 Å². The molecule has 0 unspecified atom stereocenters. The van der Waals surface area contributed by atoms with Crippen LogP contribution < -0.4 is 10.2 Å². The summed E-state index contributed by atoms with van der Waals surface area (Å²) in [5.74, 6) is 1.60. The SMILES string of the molecule is Cc1ccc(NC(=O)c2ccc(N3CCC(C)CC3)nc2)c(Br)c1. The van der Waals surface area contributed by atoms with E-state index in [2.05, 4.69) is 38.1 Å². The molecule has 0 spiro atoms. The van der Waals surface area contributed by atoms with Crippen LogP contribution in [0.1, 0.15) is 35.7 Å². The average Bonchev–Trinajstić information content (AvgIpc) is 2.58. The van der Waals surface area contributed by atoms with Crippen LogP contribution in [-0.4, -0.2) is 24.0 Å². The molecule has 126 valence electrons. The molecule has 2 aromatic rings. The second-order valence-electron chi connectivity index (χ2n) is 6.51. The van der Waals surface area contributed by atoms with Crippen LogP contribution in [0.25, 0.3) is 0 Å². The third kappa shape index (κ3) is 3.96. The topological polar surface area (TPSA) is 45.2 Å². The molecule has 0 saturated carbocycles. The Morgan fingerprint density at radius 2 is 2.00 bits per heavy atom. The van der Waals surface area contributed by atoms with Crippen molar-refractivity contribution in [1.29, 1.82) is 0 Å². The zero-order valence-electron chi connectivity index (χ0n) is 14.1. The van der Waals surface area contributed by atoms with Crippen LogP contribution in [0.5, 0.6) is 0 Å². The molecule has 0 bridgehead atoms. The van der Waals surface area contributed by atoms with Crippen molar-refractivity contribution in [3.8, 4) is 0 Å². The Morgan fingerprint density at radius 3 is 2.62 bits per heavy atom. The van der Waals surface area contributed by atoms with Crippen LogP contribution in [0.3, 0.4) is 0 Å². The number of aromatic nitrogens is 1. The largest absolute Gasteiger partial charge is 0.357 e. The van der Waals surface area contributed by atoms with E-state index in [-0.39, 0.29) is 5.91 Å². The third-order valence-corrected chi connectivity index (χ3v) is 5.15. The molecular formula is C19H22BrN3O. The summed E-state index contributed by atoms with van der Waals surface area (Å²) in [6, 6.07) is 9.63. The standard InChI is InChI=1S/C19H22BrN3O/c1-13-7-9-23(10-8-13)18-6-4-15(12-21-18)19(24)22-17-5-3-14(2)11-16(17)20/h3-6,11-13H,7-10H2,1-2H3,(H,22,24). The van der Waals surface area contributed by atoms with Crippen molar-refractivity contribution in [1.82, 2.24) is 4.98 Å². The first-order chi connectivity index (χ1) is 11.5. The molecule has 1 amide bonds. The number of pyridine rings is 1. The van der Waals surface area contributed by atoms with Crippen LogP contribution in [0, 0.1) is 12.8 Å². The van der Waals surface area contributed by atoms with Gasteiger partial charge in [0.05, 0.1) is 11.3 Å². The molecule has 1 aromatic carbocycles. The Bertz CT molecular complexity index is 722. The Hall–Kier alpha value is -1.88. The number of amides is 1. The number of benzene rings is 1. The number of carbonyl (C=O) groups excluding carboxylic acids is 1. The molecule has 0 aliphatic carbocycles. The maximum absolute atomic E-state index is 12.4. The number of piperidine rings is 1. The molecule has 2 heterocycles. The lowest BCUT2D eigenvalue weighted by Gasteiger charge is -2.31. The van der Waals surface area contributed by atoms with Crippen molar-refractivity contribution in [3.63, 3.8) is 0 Å². The summed E-state index contributed by atoms with van der Waals surface area (Å²) in [5, 5.41) is 2.92. The maximum atomic E-state index is 12.4. The molecule has 1 aromatic heterocycles. The summed E-state index contributed by atoms with van der Waals surface area (Å²) >= 11 is 3.48. The minimum atomic E-state index is -0.147. The zero-order valence-corrected chi connectivity index (χ0v) is 15.6. The highest BCUT2D eigenvalue weighted by Crippen LogP contribution is 2.24. The summed E-state index contributed by atoms with van der Waals surface area (Å²) in [4.78, 5) is 19.2. The Morgan fingerprint density at radius 1 is 1.25 bits per heavy atom. The van der Waals surface area contributed by atoms with E-state index in [1.165, 1.54) is 12.8 Å². The van der Waals surface area contributed by atoms with Crippen molar-refractivity contribution < 1.29 is 4.79 Å². The first-order valence-corrected chi connectivity index (χ1v) is 9.11. The summed E-state index contributed by atoms with van der Waals surface area (Å²) in [6.07, 6.45) is 4.06. The van der Waals surface area contributed by atoms with Gasteiger partial charge in [-0.2, -0.15) is 0 Å². The first-order valence-electron chi connectivity index (χ1n) is 8.31. The predicted octanol–water partition coefficient (Wildman–Crippen LogP) is 4.64. The number of hydrogen-bond acceptors (Lipinski definition) is 3. The average molecular weight is 388 g/mol. The number of hydrogen-bond donors (Lipinski definition) is 1. The fraction of sp³-hybridized carbons (Fsp3) is 0.368. The van der Waals surface area contributed by atoms with Crippen LogP contribution >= 0.6 is 15.9 Å².